The number of thiophene rings is 1. The minimum Gasteiger partial charge on any atom is -0.350 e. The van der Waals surface area contributed by atoms with E-state index < -0.39 is 5.69 Å². The van der Waals surface area contributed by atoms with Crippen LogP contribution in [0.3, 0.4) is 0 Å². The van der Waals surface area contributed by atoms with E-state index in [1.807, 2.05) is 17.5 Å². The van der Waals surface area contributed by atoms with E-state index in [0.717, 1.165) is 9.44 Å². The Bertz CT molecular complexity index is 685. The molecule has 19 heavy (non-hydrogen) atoms. The Morgan fingerprint density at radius 3 is 2.84 bits per heavy atom. The van der Waals surface area contributed by atoms with Crippen LogP contribution >= 0.6 is 11.3 Å². The second kappa shape index (κ2) is 5.66. The van der Waals surface area contributed by atoms with Gasteiger partial charge in [-0.2, -0.15) is 0 Å². The third-order valence-electron chi connectivity index (χ3n) is 2.61. The summed E-state index contributed by atoms with van der Waals surface area (Å²) in [6.45, 7) is 0.343. The monoisotopic (exact) mass is 279 g/mol. The Kier molecular flexibility index (Phi) is 3.96. The minimum absolute atomic E-state index is 0.0989. The summed E-state index contributed by atoms with van der Waals surface area (Å²) < 4.78 is 2.16. The van der Waals surface area contributed by atoms with Crippen molar-refractivity contribution in [3.05, 3.63) is 55.5 Å². The summed E-state index contributed by atoms with van der Waals surface area (Å²) >= 11 is 1.55. The van der Waals surface area contributed by atoms with Crippen LogP contribution < -0.4 is 16.6 Å². The topological polar surface area (TPSA) is 73.1 Å². The number of amides is 1. The van der Waals surface area contributed by atoms with Crippen molar-refractivity contribution in [1.29, 1.82) is 0 Å². The molecule has 0 bridgehead atoms. The largest absolute Gasteiger partial charge is 0.350 e. The fraction of sp³-hybridized carbons (Fsp3) is 0.250. The number of carbonyl (C=O) groups is 1. The van der Waals surface area contributed by atoms with Crippen LogP contribution in [0, 0.1) is 0 Å². The highest BCUT2D eigenvalue weighted by Gasteiger charge is 2.06. The van der Waals surface area contributed by atoms with Crippen molar-refractivity contribution in [1.82, 2.24) is 14.5 Å². The smallest absolute Gasteiger partial charge is 0.331 e. The number of aromatic nitrogens is 2. The molecule has 0 aliphatic rings. The van der Waals surface area contributed by atoms with Crippen LogP contribution in [-0.4, -0.2) is 15.0 Å². The molecule has 2 rings (SSSR count). The normalized spacial score (nSPS) is 10.4. The number of hydrogen-bond acceptors (Lipinski definition) is 4. The fourth-order valence-corrected chi connectivity index (χ4v) is 2.19. The lowest BCUT2D eigenvalue weighted by atomic mass is 10.4. The summed E-state index contributed by atoms with van der Waals surface area (Å²) in [6.07, 6.45) is 1.33. The van der Waals surface area contributed by atoms with E-state index in [9.17, 15) is 14.4 Å². The van der Waals surface area contributed by atoms with Crippen molar-refractivity contribution in [2.24, 2.45) is 7.05 Å². The third-order valence-corrected chi connectivity index (χ3v) is 3.49. The number of nitrogens with one attached hydrogen (secondary N) is 1. The molecule has 7 heteroatoms. The molecule has 6 nitrogen and oxygen atoms in total. The maximum absolute atomic E-state index is 11.7. The van der Waals surface area contributed by atoms with Crippen molar-refractivity contribution >= 4 is 17.2 Å². The molecule has 100 valence electrons. The molecule has 0 aromatic carbocycles. The molecular formula is C12H13N3O3S. The van der Waals surface area contributed by atoms with Gasteiger partial charge in [-0.15, -0.1) is 11.3 Å². The van der Waals surface area contributed by atoms with Gasteiger partial charge in [0, 0.05) is 24.2 Å². The molecule has 1 N–H and O–H groups in total. The molecule has 0 saturated heterocycles. The predicted molar refractivity (Wildman–Crippen MR) is 72.1 cm³/mol. The Morgan fingerprint density at radius 2 is 2.16 bits per heavy atom. The second-order valence-corrected chi connectivity index (χ2v) is 5.01. The molecule has 1 amide bonds. The van der Waals surface area contributed by atoms with Gasteiger partial charge in [0.25, 0.3) is 5.56 Å². The van der Waals surface area contributed by atoms with E-state index in [0.29, 0.717) is 6.54 Å². The fourth-order valence-electron chi connectivity index (χ4n) is 1.55. The van der Waals surface area contributed by atoms with Crippen LogP contribution in [0.25, 0.3) is 0 Å². The van der Waals surface area contributed by atoms with Crippen molar-refractivity contribution < 1.29 is 4.79 Å². The Hall–Kier alpha value is -2.15. The maximum atomic E-state index is 11.7. The summed E-state index contributed by atoms with van der Waals surface area (Å²) in [6, 6.07) is 5.08. The summed E-state index contributed by atoms with van der Waals surface area (Å²) in [4.78, 5) is 35.7. The average molecular weight is 279 g/mol. The zero-order valence-electron chi connectivity index (χ0n) is 10.3. The van der Waals surface area contributed by atoms with Gasteiger partial charge in [-0.25, -0.2) is 4.79 Å². The number of hydrogen-bond donors (Lipinski definition) is 1. The second-order valence-electron chi connectivity index (χ2n) is 3.98. The minimum atomic E-state index is -0.501. The molecular weight excluding hydrogens is 266 g/mol. The molecule has 2 heterocycles. The lowest BCUT2D eigenvalue weighted by Gasteiger charge is -2.07. The van der Waals surface area contributed by atoms with Gasteiger partial charge in [-0.1, -0.05) is 6.07 Å². The average Bonchev–Trinajstić information content (AvgIpc) is 2.90. The van der Waals surface area contributed by atoms with Gasteiger partial charge < -0.3 is 5.32 Å². The zero-order chi connectivity index (χ0) is 13.8. The lowest BCUT2D eigenvalue weighted by molar-refractivity contribution is -0.121. The molecule has 0 aliphatic heterocycles. The predicted octanol–water partition coefficient (Wildman–Crippen LogP) is -0.0751. The van der Waals surface area contributed by atoms with Crippen LogP contribution in [0.15, 0.2) is 39.4 Å². The Labute approximate surface area is 112 Å². The van der Waals surface area contributed by atoms with Crippen molar-refractivity contribution in [3.63, 3.8) is 0 Å². The molecule has 2 aromatic heterocycles. The van der Waals surface area contributed by atoms with Crippen LogP contribution in [0.2, 0.25) is 0 Å². The van der Waals surface area contributed by atoms with Gasteiger partial charge in [0.05, 0.1) is 6.54 Å². The summed E-state index contributed by atoms with van der Waals surface area (Å²) in [5, 5.41) is 4.65. The van der Waals surface area contributed by atoms with E-state index in [1.165, 1.54) is 23.9 Å². The van der Waals surface area contributed by atoms with E-state index in [-0.39, 0.29) is 18.0 Å². The molecule has 0 atom stereocenters. The first-order valence-electron chi connectivity index (χ1n) is 5.63. The van der Waals surface area contributed by atoms with Gasteiger partial charge in [-0.3, -0.25) is 18.7 Å². The van der Waals surface area contributed by atoms with E-state index in [1.54, 1.807) is 11.3 Å². The summed E-state index contributed by atoms with van der Waals surface area (Å²) in [5.74, 6) is -0.269. The number of nitrogens with zero attached hydrogens (tertiary/aromatic N) is 2. The van der Waals surface area contributed by atoms with Crippen molar-refractivity contribution in [2.75, 3.05) is 0 Å². The number of rotatable bonds is 4. The van der Waals surface area contributed by atoms with Crippen LogP contribution in [0.4, 0.5) is 0 Å². The SMILES string of the molecule is Cn1c(=O)ccn(CC(=O)NCc2cccs2)c1=O. The van der Waals surface area contributed by atoms with Crippen molar-refractivity contribution in [3.8, 4) is 0 Å². The highest BCUT2D eigenvalue weighted by molar-refractivity contribution is 7.09. The lowest BCUT2D eigenvalue weighted by Crippen LogP contribution is -2.40. The zero-order valence-corrected chi connectivity index (χ0v) is 11.1. The molecule has 0 unspecified atom stereocenters. The highest BCUT2D eigenvalue weighted by atomic mass is 32.1. The van der Waals surface area contributed by atoms with Crippen LogP contribution in [-0.2, 0) is 24.9 Å². The van der Waals surface area contributed by atoms with E-state index >= 15 is 0 Å². The number of carbonyl (C=O) groups excluding carboxylic acids is 1. The molecule has 0 radical (unpaired) electrons. The molecule has 0 fully saturated rings. The van der Waals surface area contributed by atoms with Gasteiger partial charge in [0.1, 0.15) is 6.54 Å². The van der Waals surface area contributed by atoms with Crippen LogP contribution in [0.1, 0.15) is 4.88 Å². The quantitative estimate of drug-likeness (QED) is 0.851. The molecule has 0 aliphatic carbocycles. The molecule has 0 saturated carbocycles. The Balaban J connectivity index is 2.01. The highest BCUT2D eigenvalue weighted by Crippen LogP contribution is 2.07. The van der Waals surface area contributed by atoms with E-state index in [4.69, 9.17) is 0 Å². The first-order valence-corrected chi connectivity index (χ1v) is 6.51. The summed E-state index contributed by atoms with van der Waals surface area (Å²) in [7, 11) is 1.38. The Morgan fingerprint density at radius 1 is 1.37 bits per heavy atom. The van der Waals surface area contributed by atoms with Gasteiger partial charge >= 0.3 is 5.69 Å². The van der Waals surface area contributed by atoms with Gasteiger partial charge in [-0.05, 0) is 11.4 Å². The maximum Gasteiger partial charge on any atom is 0.331 e. The molecule has 0 spiro atoms. The van der Waals surface area contributed by atoms with Gasteiger partial charge in [0.2, 0.25) is 5.91 Å². The standard InChI is InChI=1S/C12H13N3O3S/c1-14-11(17)4-5-15(12(14)18)8-10(16)13-7-9-3-2-6-19-9/h2-6H,7-8H2,1H3,(H,13,16). The third kappa shape index (κ3) is 3.19. The van der Waals surface area contributed by atoms with E-state index in [2.05, 4.69) is 5.32 Å². The van der Waals surface area contributed by atoms with Gasteiger partial charge in [0.15, 0.2) is 0 Å². The van der Waals surface area contributed by atoms with Crippen molar-refractivity contribution in [2.45, 2.75) is 13.1 Å². The molecule has 2 aromatic rings. The first kappa shape index (κ1) is 13.3. The van der Waals surface area contributed by atoms with Crippen LogP contribution in [0.5, 0.6) is 0 Å². The summed E-state index contributed by atoms with van der Waals surface area (Å²) in [5.41, 5.74) is -0.890. The first-order chi connectivity index (χ1) is 9.08.